The van der Waals surface area contributed by atoms with Gasteiger partial charge in [0.2, 0.25) is 10.9 Å². The number of hydrogen-bond acceptors (Lipinski definition) is 6. The van der Waals surface area contributed by atoms with Gasteiger partial charge in [-0.15, -0.1) is 0 Å². The fourth-order valence-corrected chi connectivity index (χ4v) is 3.49. The smallest absolute Gasteiger partial charge is 0.250 e. The summed E-state index contributed by atoms with van der Waals surface area (Å²) in [6, 6.07) is 10.6. The van der Waals surface area contributed by atoms with E-state index in [2.05, 4.69) is 10.6 Å². The van der Waals surface area contributed by atoms with Gasteiger partial charge in [0.05, 0.1) is 17.0 Å². The standard InChI is InChI=1S/C15H26N2O2.C10H7NO2/c1-3-7-13(16)14(18)11(2)15(19)17-10-12-8-5-4-6-9-12;12-9-6-8(10(9)13)11-7-4-2-1-3-5-7/h7,12,18H,3-6,8-10,16H2,1-2H3,(H,17,19);1-6,11H/b13-7+,14-11-;. The molecule has 0 saturated heterocycles. The highest BCUT2D eigenvalue weighted by Gasteiger charge is 2.16. The van der Waals surface area contributed by atoms with Gasteiger partial charge in [0.1, 0.15) is 5.76 Å². The molecule has 7 nitrogen and oxygen atoms in total. The van der Waals surface area contributed by atoms with Crippen molar-refractivity contribution >= 4 is 17.3 Å². The van der Waals surface area contributed by atoms with Crippen molar-refractivity contribution in [2.24, 2.45) is 11.7 Å². The van der Waals surface area contributed by atoms with Crippen LogP contribution < -0.4 is 27.2 Å². The first-order valence-corrected chi connectivity index (χ1v) is 11.1. The quantitative estimate of drug-likeness (QED) is 0.225. The third-order valence-corrected chi connectivity index (χ3v) is 5.47. The van der Waals surface area contributed by atoms with Crippen LogP contribution >= 0.6 is 0 Å². The van der Waals surface area contributed by atoms with Crippen LogP contribution in [0.5, 0.6) is 0 Å². The molecule has 1 amide bonds. The molecule has 0 bridgehead atoms. The lowest BCUT2D eigenvalue weighted by Gasteiger charge is -2.21. The minimum atomic E-state index is -0.441. The summed E-state index contributed by atoms with van der Waals surface area (Å²) in [5, 5.41) is 15.6. The molecule has 0 aliphatic heterocycles. The van der Waals surface area contributed by atoms with Gasteiger partial charge in [0.25, 0.3) is 5.91 Å². The highest BCUT2D eigenvalue weighted by Crippen LogP contribution is 2.22. The highest BCUT2D eigenvalue weighted by molar-refractivity contribution is 5.93. The summed E-state index contributed by atoms with van der Waals surface area (Å²) in [5.74, 6) is 0.245. The molecule has 32 heavy (non-hydrogen) atoms. The van der Waals surface area contributed by atoms with Gasteiger partial charge in [-0.05, 0) is 44.2 Å². The second-order valence-corrected chi connectivity index (χ2v) is 8.00. The first kappa shape index (κ1) is 24.9. The molecule has 0 heterocycles. The highest BCUT2D eigenvalue weighted by atomic mass is 16.3. The summed E-state index contributed by atoms with van der Waals surface area (Å²) in [7, 11) is 0. The minimum Gasteiger partial charge on any atom is -0.505 e. The number of para-hydroxylation sites is 1. The molecule has 0 spiro atoms. The molecule has 7 heteroatoms. The number of rotatable bonds is 7. The van der Waals surface area contributed by atoms with Crippen LogP contribution in [-0.4, -0.2) is 17.6 Å². The summed E-state index contributed by atoms with van der Waals surface area (Å²) < 4.78 is 0. The van der Waals surface area contributed by atoms with Crippen molar-refractivity contribution in [3.8, 4) is 0 Å². The Morgan fingerprint density at radius 2 is 1.81 bits per heavy atom. The monoisotopic (exact) mass is 439 g/mol. The third kappa shape index (κ3) is 7.41. The van der Waals surface area contributed by atoms with Gasteiger partial charge in [-0.25, -0.2) is 0 Å². The van der Waals surface area contributed by atoms with Crippen molar-refractivity contribution in [1.82, 2.24) is 5.32 Å². The molecule has 0 radical (unpaired) electrons. The number of nitrogens with two attached hydrogens (primary N) is 1. The molecule has 1 aliphatic carbocycles. The van der Waals surface area contributed by atoms with Crippen LogP contribution in [0, 0.1) is 5.92 Å². The number of aliphatic hydroxyl groups is 1. The fraction of sp³-hybridized carbons (Fsp3) is 0.400. The third-order valence-electron chi connectivity index (χ3n) is 5.47. The van der Waals surface area contributed by atoms with Crippen LogP contribution in [0.3, 0.4) is 0 Å². The number of benzene rings is 1. The number of carbonyl (C=O) groups is 1. The summed E-state index contributed by atoms with van der Waals surface area (Å²) in [6.07, 6.45) is 8.63. The Balaban J connectivity index is 0.000000242. The number of amides is 1. The summed E-state index contributed by atoms with van der Waals surface area (Å²) in [4.78, 5) is 33.4. The molecule has 1 fully saturated rings. The van der Waals surface area contributed by atoms with Gasteiger partial charge in [-0.1, -0.05) is 50.5 Å². The van der Waals surface area contributed by atoms with Gasteiger partial charge in [-0.2, -0.15) is 0 Å². The van der Waals surface area contributed by atoms with E-state index in [0.29, 0.717) is 18.2 Å². The van der Waals surface area contributed by atoms with Crippen molar-refractivity contribution in [3.05, 3.63) is 80.0 Å². The van der Waals surface area contributed by atoms with Crippen LogP contribution in [0.2, 0.25) is 0 Å². The topological polar surface area (TPSA) is 122 Å². The van der Waals surface area contributed by atoms with Crippen molar-refractivity contribution in [2.75, 3.05) is 11.9 Å². The van der Waals surface area contributed by atoms with E-state index >= 15 is 0 Å². The van der Waals surface area contributed by atoms with Crippen molar-refractivity contribution in [2.45, 2.75) is 52.4 Å². The Morgan fingerprint density at radius 3 is 2.38 bits per heavy atom. The zero-order valence-electron chi connectivity index (χ0n) is 18.8. The zero-order valence-corrected chi connectivity index (χ0v) is 18.8. The van der Waals surface area contributed by atoms with E-state index in [-0.39, 0.29) is 22.9 Å². The lowest BCUT2D eigenvalue weighted by Crippen LogP contribution is -2.31. The molecule has 1 saturated carbocycles. The second-order valence-electron chi connectivity index (χ2n) is 8.00. The average molecular weight is 440 g/mol. The van der Waals surface area contributed by atoms with E-state index in [1.807, 2.05) is 37.3 Å². The molecule has 1 aliphatic rings. The van der Waals surface area contributed by atoms with E-state index in [9.17, 15) is 19.5 Å². The molecular formula is C25H33N3O4. The molecule has 2 aromatic rings. The van der Waals surface area contributed by atoms with Crippen LogP contribution in [0.25, 0.3) is 0 Å². The summed E-state index contributed by atoms with van der Waals surface area (Å²) in [5.41, 5.74) is 6.55. The van der Waals surface area contributed by atoms with Gasteiger partial charge < -0.3 is 21.5 Å². The van der Waals surface area contributed by atoms with E-state index in [4.69, 9.17) is 5.73 Å². The predicted octanol–water partition coefficient (Wildman–Crippen LogP) is 3.79. The van der Waals surface area contributed by atoms with Gasteiger partial charge >= 0.3 is 0 Å². The first-order valence-electron chi connectivity index (χ1n) is 11.1. The Labute approximate surface area is 188 Å². The summed E-state index contributed by atoms with van der Waals surface area (Å²) in [6.45, 7) is 4.22. The maximum absolute atomic E-state index is 11.9. The molecular weight excluding hydrogens is 406 g/mol. The van der Waals surface area contributed by atoms with Crippen molar-refractivity contribution in [1.29, 1.82) is 0 Å². The number of anilines is 2. The fourth-order valence-electron chi connectivity index (χ4n) is 3.49. The lowest BCUT2D eigenvalue weighted by molar-refractivity contribution is -0.117. The van der Waals surface area contributed by atoms with E-state index in [0.717, 1.165) is 12.1 Å². The number of nitrogens with one attached hydrogen (secondary N) is 2. The molecule has 3 rings (SSSR count). The Kier molecular flexibility index (Phi) is 9.73. The van der Waals surface area contributed by atoms with Gasteiger partial charge in [0, 0.05) is 18.3 Å². The summed E-state index contributed by atoms with van der Waals surface area (Å²) >= 11 is 0. The number of allylic oxidation sites excluding steroid dienone is 1. The van der Waals surface area contributed by atoms with Crippen molar-refractivity contribution in [3.63, 3.8) is 0 Å². The van der Waals surface area contributed by atoms with E-state index < -0.39 is 10.9 Å². The lowest BCUT2D eigenvalue weighted by atomic mass is 9.89. The Morgan fingerprint density at radius 1 is 1.16 bits per heavy atom. The normalized spacial score (nSPS) is 15.4. The maximum atomic E-state index is 11.9. The van der Waals surface area contributed by atoms with Crippen LogP contribution in [0.4, 0.5) is 11.4 Å². The minimum absolute atomic E-state index is 0.108. The molecule has 0 atom stereocenters. The Bertz CT molecular complexity index is 1010. The molecule has 5 N–H and O–H groups in total. The van der Waals surface area contributed by atoms with E-state index in [1.165, 1.54) is 38.2 Å². The second kappa shape index (κ2) is 12.5. The molecule has 172 valence electrons. The molecule has 0 unspecified atom stereocenters. The average Bonchev–Trinajstić information content (AvgIpc) is 2.83. The number of hydrogen-bond donors (Lipinski definition) is 4. The van der Waals surface area contributed by atoms with E-state index in [1.54, 1.807) is 13.0 Å². The first-order chi connectivity index (χ1) is 15.3. The molecule has 0 aromatic heterocycles. The largest absolute Gasteiger partial charge is 0.505 e. The Hall–Kier alpha value is -3.35. The number of aliphatic hydroxyl groups excluding tert-OH is 1. The van der Waals surface area contributed by atoms with Crippen molar-refractivity contribution < 1.29 is 9.90 Å². The predicted molar refractivity (Wildman–Crippen MR) is 129 cm³/mol. The van der Waals surface area contributed by atoms with Gasteiger partial charge in [0.15, 0.2) is 0 Å². The van der Waals surface area contributed by atoms with Crippen LogP contribution in [0.15, 0.2) is 69.1 Å². The van der Waals surface area contributed by atoms with Crippen LogP contribution in [0.1, 0.15) is 52.4 Å². The number of carbonyl (C=O) groups excluding carboxylic acids is 1. The molecule has 2 aromatic carbocycles. The maximum Gasteiger partial charge on any atom is 0.250 e. The van der Waals surface area contributed by atoms with Gasteiger partial charge in [-0.3, -0.25) is 14.4 Å². The van der Waals surface area contributed by atoms with Crippen LogP contribution in [-0.2, 0) is 4.79 Å². The SMILES string of the molecule is CC/C=C(N)\C(O)=C(/C)C(=O)NCC1CCCCC1.O=c1cc(Nc2ccccc2)c1=O. The zero-order chi connectivity index (χ0) is 23.5.